The van der Waals surface area contributed by atoms with Crippen molar-refractivity contribution >= 4 is 31.5 Å². The number of sulfone groups is 1. The van der Waals surface area contributed by atoms with Crippen molar-refractivity contribution < 1.29 is 16.8 Å². The first-order valence-corrected chi connectivity index (χ1v) is 12.0. The zero-order chi connectivity index (χ0) is 21.8. The highest BCUT2D eigenvalue weighted by Crippen LogP contribution is 2.16. The molecule has 0 atom stereocenters. The molecule has 0 spiro atoms. The number of piperazine rings is 1. The van der Waals surface area contributed by atoms with Crippen LogP contribution in [0.4, 0.5) is 11.6 Å². The maximum atomic E-state index is 12.2. The SMILES string of the molecule is CNS(=O)(=O)c1ccc(N2CCN(CC#CS(=O)(=O)c3ccc(N)nc3)CC2)nc1. The highest BCUT2D eigenvalue weighted by molar-refractivity contribution is 7.96. The average Bonchev–Trinajstić information content (AvgIpc) is 2.74. The first kappa shape index (κ1) is 22.0. The van der Waals surface area contributed by atoms with E-state index in [0.29, 0.717) is 38.5 Å². The second-order valence-electron chi connectivity index (χ2n) is 6.52. The minimum atomic E-state index is -3.73. The summed E-state index contributed by atoms with van der Waals surface area (Å²) in [7, 11) is -5.89. The first-order valence-electron chi connectivity index (χ1n) is 9.04. The molecule has 1 aliphatic heterocycles. The van der Waals surface area contributed by atoms with Gasteiger partial charge in [-0.25, -0.2) is 31.5 Å². The Kier molecular flexibility index (Phi) is 6.57. The van der Waals surface area contributed by atoms with Crippen LogP contribution in [0.3, 0.4) is 0 Å². The molecule has 1 saturated heterocycles. The van der Waals surface area contributed by atoms with Crippen LogP contribution in [0.2, 0.25) is 0 Å². The molecular formula is C18H22N6O4S2. The molecule has 0 aliphatic carbocycles. The summed E-state index contributed by atoms with van der Waals surface area (Å²) in [6.45, 7) is 3.01. The van der Waals surface area contributed by atoms with Crippen molar-refractivity contribution in [1.82, 2.24) is 19.6 Å². The summed E-state index contributed by atoms with van der Waals surface area (Å²) in [5, 5.41) is 2.32. The molecule has 1 fully saturated rings. The number of hydrogen-bond acceptors (Lipinski definition) is 9. The highest BCUT2D eigenvalue weighted by atomic mass is 32.2. The lowest BCUT2D eigenvalue weighted by Crippen LogP contribution is -2.46. The van der Waals surface area contributed by atoms with Gasteiger partial charge in [-0.3, -0.25) is 4.90 Å². The molecule has 160 valence electrons. The molecule has 30 heavy (non-hydrogen) atoms. The van der Waals surface area contributed by atoms with E-state index < -0.39 is 19.9 Å². The van der Waals surface area contributed by atoms with Crippen LogP contribution < -0.4 is 15.4 Å². The number of nitrogen functional groups attached to an aromatic ring is 1. The number of anilines is 2. The van der Waals surface area contributed by atoms with Crippen molar-refractivity contribution in [2.24, 2.45) is 0 Å². The molecule has 1 aliphatic rings. The van der Waals surface area contributed by atoms with E-state index in [2.05, 4.69) is 25.9 Å². The predicted molar refractivity (Wildman–Crippen MR) is 113 cm³/mol. The van der Waals surface area contributed by atoms with Crippen molar-refractivity contribution in [2.75, 3.05) is 50.4 Å². The average molecular weight is 451 g/mol. The Morgan fingerprint density at radius 3 is 2.23 bits per heavy atom. The standard InChI is InChI=1S/C18H22N6O4S2/c1-20-30(27,28)16-4-6-18(22-14-16)24-10-8-23(9-11-24)7-2-12-29(25,26)15-3-5-17(19)21-13-15/h3-6,13-14,20H,7-11H2,1H3,(H2,19,21). The van der Waals surface area contributed by atoms with Crippen molar-refractivity contribution in [1.29, 1.82) is 0 Å². The number of nitrogens with one attached hydrogen (secondary N) is 1. The maximum absolute atomic E-state index is 12.2. The molecule has 0 aromatic carbocycles. The molecule has 10 nitrogen and oxygen atoms in total. The van der Waals surface area contributed by atoms with Crippen molar-refractivity contribution in [3.05, 3.63) is 36.7 Å². The van der Waals surface area contributed by atoms with Crippen LogP contribution in [-0.2, 0) is 19.9 Å². The number of aromatic nitrogens is 2. The molecular weight excluding hydrogens is 428 g/mol. The van der Waals surface area contributed by atoms with E-state index in [1.54, 1.807) is 6.07 Å². The Bertz CT molecular complexity index is 1150. The van der Waals surface area contributed by atoms with E-state index in [4.69, 9.17) is 5.73 Å². The third kappa shape index (κ3) is 5.25. The quantitative estimate of drug-likeness (QED) is 0.457. The van der Waals surface area contributed by atoms with Gasteiger partial charge >= 0.3 is 0 Å². The van der Waals surface area contributed by atoms with Gasteiger partial charge in [-0.2, -0.15) is 0 Å². The Hall–Kier alpha value is -2.72. The van der Waals surface area contributed by atoms with Crippen LogP contribution in [0.5, 0.6) is 0 Å². The number of nitrogens with zero attached hydrogens (tertiary/aromatic N) is 4. The summed E-state index contributed by atoms with van der Waals surface area (Å²) in [5.74, 6) is 3.65. The van der Waals surface area contributed by atoms with Crippen molar-refractivity contribution in [3.63, 3.8) is 0 Å². The fourth-order valence-corrected chi connectivity index (χ4v) is 4.31. The topological polar surface area (TPSA) is 139 Å². The van der Waals surface area contributed by atoms with Gasteiger partial charge in [-0.1, -0.05) is 5.92 Å². The fourth-order valence-electron chi connectivity index (χ4n) is 2.82. The van der Waals surface area contributed by atoms with Gasteiger partial charge in [0.05, 0.1) is 11.4 Å². The van der Waals surface area contributed by atoms with Crippen LogP contribution in [-0.4, -0.2) is 71.5 Å². The molecule has 0 bridgehead atoms. The van der Waals surface area contributed by atoms with Gasteiger partial charge in [-0.15, -0.1) is 0 Å². The Labute approximate surface area is 176 Å². The smallest absolute Gasteiger partial charge is 0.246 e. The molecule has 0 amide bonds. The van der Waals surface area contributed by atoms with Crippen LogP contribution in [0.1, 0.15) is 0 Å². The van der Waals surface area contributed by atoms with Gasteiger partial charge in [-0.05, 0) is 31.3 Å². The molecule has 2 aromatic rings. The van der Waals surface area contributed by atoms with Gasteiger partial charge in [0.25, 0.3) is 0 Å². The molecule has 3 N–H and O–H groups in total. The van der Waals surface area contributed by atoms with E-state index in [9.17, 15) is 16.8 Å². The molecule has 0 radical (unpaired) electrons. The van der Waals surface area contributed by atoms with Gasteiger partial charge in [0.1, 0.15) is 16.5 Å². The summed E-state index contributed by atoms with van der Waals surface area (Å²) in [5.41, 5.74) is 5.47. The Morgan fingerprint density at radius 1 is 1.00 bits per heavy atom. The van der Waals surface area contributed by atoms with E-state index in [1.165, 1.54) is 37.6 Å². The van der Waals surface area contributed by atoms with E-state index in [-0.39, 0.29) is 15.6 Å². The molecule has 12 heteroatoms. The lowest BCUT2D eigenvalue weighted by atomic mass is 10.3. The summed E-state index contributed by atoms with van der Waals surface area (Å²) < 4.78 is 50.2. The minimum Gasteiger partial charge on any atom is -0.384 e. The summed E-state index contributed by atoms with van der Waals surface area (Å²) >= 11 is 0. The number of hydrogen-bond donors (Lipinski definition) is 2. The van der Waals surface area contributed by atoms with E-state index in [0.717, 1.165) is 0 Å². The van der Waals surface area contributed by atoms with E-state index in [1.807, 2.05) is 9.80 Å². The molecule has 0 saturated carbocycles. The molecule has 3 heterocycles. The first-order chi connectivity index (χ1) is 14.2. The normalized spacial score (nSPS) is 15.4. The van der Waals surface area contributed by atoms with Crippen LogP contribution in [0.15, 0.2) is 46.5 Å². The third-order valence-corrected chi connectivity index (χ3v) is 7.25. The van der Waals surface area contributed by atoms with Crippen LogP contribution in [0.25, 0.3) is 0 Å². The predicted octanol–water partition coefficient (Wildman–Crippen LogP) is -0.476. The van der Waals surface area contributed by atoms with Crippen molar-refractivity contribution in [2.45, 2.75) is 9.79 Å². The van der Waals surface area contributed by atoms with Gasteiger partial charge in [0.15, 0.2) is 0 Å². The van der Waals surface area contributed by atoms with E-state index >= 15 is 0 Å². The molecule has 0 unspecified atom stereocenters. The maximum Gasteiger partial charge on any atom is 0.246 e. The summed E-state index contributed by atoms with van der Waals surface area (Å²) in [4.78, 5) is 12.2. The summed E-state index contributed by atoms with van der Waals surface area (Å²) in [6.07, 6.45) is 2.52. The fraction of sp³-hybridized carbons (Fsp3) is 0.333. The minimum absolute atomic E-state index is 0.0174. The van der Waals surface area contributed by atoms with Crippen LogP contribution in [0, 0.1) is 11.2 Å². The van der Waals surface area contributed by atoms with Crippen molar-refractivity contribution in [3.8, 4) is 11.2 Å². The molecule has 2 aromatic heterocycles. The van der Waals surface area contributed by atoms with Gasteiger partial charge in [0.2, 0.25) is 19.9 Å². The highest BCUT2D eigenvalue weighted by Gasteiger charge is 2.19. The zero-order valence-corrected chi connectivity index (χ0v) is 17.9. The Morgan fingerprint density at radius 2 is 1.67 bits per heavy atom. The lowest BCUT2D eigenvalue weighted by molar-refractivity contribution is 0.287. The van der Waals surface area contributed by atoms with Gasteiger partial charge < -0.3 is 10.6 Å². The monoisotopic (exact) mass is 450 g/mol. The number of sulfonamides is 1. The number of pyridine rings is 2. The third-order valence-electron chi connectivity index (χ3n) is 4.57. The summed E-state index contributed by atoms with van der Waals surface area (Å²) in [6, 6.07) is 5.99. The Balaban J connectivity index is 1.55. The number of rotatable bonds is 5. The molecule has 3 rings (SSSR count). The number of nitrogens with two attached hydrogens (primary N) is 1. The lowest BCUT2D eigenvalue weighted by Gasteiger charge is -2.34. The zero-order valence-electron chi connectivity index (χ0n) is 16.3. The van der Waals surface area contributed by atoms with Gasteiger partial charge in [0, 0.05) is 43.8 Å². The largest absolute Gasteiger partial charge is 0.384 e. The second kappa shape index (κ2) is 8.97. The second-order valence-corrected chi connectivity index (χ2v) is 10.1. The van der Waals surface area contributed by atoms with Crippen LogP contribution >= 0.6 is 0 Å².